The van der Waals surface area contributed by atoms with Gasteiger partial charge in [-0.3, -0.25) is 9.59 Å². The molecular formula is C24H20ClFN2O4. The third kappa shape index (κ3) is 5.18. The lowest BCUT2D eigenvalue weighted by Crippen LogP contribution is -2.39. The Labute approximate surface area is 189 Å². The minimum atomic E-state index is -0.415. The number of ether oxygens (including phenoxy) is 2. The van der Waals surface area contributed by atoms with Crippen LogP contribution in [0.5, 0.6) is 11.5 Å². The van der Waals surface area contributed by atoms with E-state index in [2.05, 4.69) is 5.32 Å². The molecule has 0 aliphatic carbocycles. The molecule has 3 aromatic rings. The fraction of sp³-hybridized carbons (Fsp3) is 0.167. The highest BCUT2D eigenvalue weighted by Gasteiger charge is 2.25. The number of rotatable bonds is 7. The SMILES string of the molecule is O=C(Nc1ccc2c(c1)N(CCCOc1ccc(Cl)cc1)C(=O)CO2)c1ccc(F)cc1. The van der Waals surface area contributed by atoms with Crippen molar-refractivity contribution in [3.8, 4) is 11.5 Å². The van der Waals surface area contributed by atoms with Crippen molar-refractivity contribution in [1.29, 1.82) is 0 Å². The van der Waals surface area contributed by atoms with Crippen molar-refractivity contribution in [2.45, 2.75) is 6.42 Å². The highest BCUT2D eigenvalue weighted by Crippen LogP contribution is 2.35. The van der Waals surface area contributed by atoms with E-state index in [1.165, 1.54) is 24.3 Å². The zero-order valence-corrected chi connectivity index (χ0v) is 17.8. The summed E-state index contributed by atoms with van der Waals surface area (Å²) < 4.78 is 24.3. The number of nitrogens with zero attached hydrogens (tertiary/aromatic N) is 1. The number of nitrogens with one attached hydrogen (secondary N) is 1. The molecule has 1 N–H and O–H groups in total. The molecule has 0 aromatic heterocycles. The lowest BCUT2D eigenvalue weighted by Gasteiger charge is -2.30. The number of carbonyl (C=O) groups excluding carboxylic acids is 2. The number of benzene rings is 3. The van der Waals surface area contributed by atoms with E-state index in [4.69, 9.17) is 21.1 Å². The van der Waals surface area contributed by atoms with Crippen LogP contribution >= 0.6 is 11.6 Å². The van der Waals surface area contributed by atoms with E-state index in [1.807, 2.05) is 0 Å². The average molecular weight is 455 g/mol. The fourth-order valence-corrected chi connectivity index (χ4v) is 3.40. The molecule has 4 rings (SSSR count). The Morgan fingerprint density at radius 1 is 1.09 bits per heavy atom. The van der Waals surface area contributed by atoms with E-state index in [0.29, 0.717) is 53.0 Å². The van der Waals surface area contributed by atoms with Crippen molar-refractivity contribution in [1.82, 2.24) is 0 Å². The summed E-state index contributed by atoms with van der Waals surface area (Å²) in [5.74, 6) is 0.292. The molecule has 32 heavy (non-hydrogen) atoms. The Morgan fingerprint density at radius 3 is 2.59 bits per heavy atom. The quantitative estimate of drug-likeness (QED) is 0.514. The lowest BCUT2D eigenvalue weighted by molar-refractivity contribution is -0.121. The zero-order valence-electron chi connectivity index (χ0n) is 17.0. The number of anilines is 2. The number of halogens is 2. The van der Waals surface area contributed by atoms with Gasteiger partial charge in [-0.15, -0.1) is 0 Å². The van der Waals surface area contributed by atoms with E-state index >= 15 is 0 Å². The number of amides is 2. The summed E-state index contributed by atoms with van der Waals surface area (Å²) in [6.45, 7) is 0.799. The molecule has 0 unspecified atom stereocenters. The van der Waals surface area contributed by atoms with Crippen LogP contribution in [0.4, 0.5) is 15.8 Å². The summed E-state index contributed by atoms with van der Waals surface area (Å²) >= 11 is 5.87. The number of fused-ring (bicyclic) bond motifs is 1. The first-order valence-corrected chi connectivity index (χ1v) is 10.4. The first kappa shape index (κ1) is 21.6. The summed E-state index contributed by atoms with van der Waals surface area (Å²) in [6.07, 6.45) is 0.597. The summed E-state index contributed by atoms with van der Waals surface area (Å²) in [6, 6.07) is 17.4. The topological polar surface area (TPSA) is 67.9 Å². The minimum Gasteiger partial charge on any atom is -0.494 e. The fourth-order valence-electron chi connectivity index (χ4n) is 3.27. The molecule has 0 fully saturated rings. The second kappa shape index (κ2) is 9.70. The van der Waals surface area contributed by atoms with Crippen molar-refractivity contribution in [3.05, 3.63) is 83.1 Å². The largest absolute Gasteiger partial charge is 0.494 e. The van der Waals surface area contributed by atoms with Gasteiger partial charge in [-0.1, -0.05) is 11.6 Å². The van der Waals surface area contributed by atoms with Gasteiger partial charge in [0.15, 0.2) is 6.61 Å². The van der Waals surface area contributed by atoms with Crippen LogP contribution in [0.2, 0.25) is 5.02 Å². The molecule has 2 amide bonds. The smallest absolute Gasteiger partial charge is 0.265 e. The van der Waals surface area contributed by atoms with Gasteiger partial charge in [0, 0.05) is 22.8 Å². The van der Waals surface area contributed by atoms with E-state index in [0.717, 1.165) is 0 Å². The minimum absolute atomic E-state index is 0.0493. The predicted molar refractivity (Wildman–Crippen MR) is 120 cm³/mol. The first-order chi connectivity index (χ1) is 15.5. The molecular weight excluding hydrogens is 435 g/mol. The standard InChI is InChI=1S/C24H20ClFN2O4/c25-17-4-9-20(10-5-17)31-13-1-12-28-21-14-19(8-11-22(21)32-15-23(28)29)27-24(30)16-2-6-18(26)7-3-16/h2-11,14H,1,12-13,15H2,(H,27,30). The first-order valence-electron chi connectivity index (χ1n) is 10.0. The van der Waals surface area contributed by atoms with Crippen LogP contribution in [0.1, 0.15) is 16.8 Å². The molecule has 0 spiro atoms. The zero-order chi connectivity index (χ0) is 22.5. The van der Waals surface area contributed by atoms with Crippen molar-refractivity contribution >= 4 is 34.8 Å². The molecule has 8 heteroatoms. The highest BCUT2D eigenvalue weighted by atomic mass is 35.5. The van der Waals surface area contributed by atoms with E-state index in [1.54, 1.807) is 47.4 Å². The summed E-state index contributed by atoms with van der Waals surface area (Å²) in [5.41, 5.74) is 1.40. The van der Waals surface area contributed by atoms with Gasteiger partial charge in [-0.05, 0) is 73.2 Å². The van der Waals surface area contributed by atoms with Crippen molar-refractivity contribution in [3.63, 3.8) is 0 Å². The van der Waals surface area contributed by atoms with Crippen LogP contribution < -0.4 is 19.7 Å². The van der Waals surface area contributed by atoms with Crippen molar-refractivity contribution in [2.75, 3.05) is 30.0 Å². The van der Waals surface area contributed by atoms with E-state index in [-0.39, 0.29) is 18.4 Å². The number of hydrogen-bond donors (Lipinski definition) is 1. The van der Waals surface area contributed by atoms with Crippen molar-refractivity contribution < 1.29 is 23.5 Å². The molecule has 1 heterocycles. The van der Waals surface area contributed by atoms with Gasteiger partial charge in [0.25, 0.3) is 11.8 Å². The molecule has 0 radical (unpaired) electrons. The molecule has 0 saturated carbocycles. The number of carbonyl (C=O) groups is 2. The van der Waals surface area contributed by atoms with Gasteiger partial charge in [0.1, 0.15) is 17.3 Å². The lowest BCUT2D eigenvalue weighted by atomic mass is 10.1. The molecule has 0 saturated heterocycles. The second-order valence-electron chi connectivity index (χ2n) is 7.13. The van der Waals surface area contributed by atoms with Gasteiger partial charge < -0.3 is 19.7 Å². The third-order valence-electron chi connectivity index (χ3n) is 4.87. The van der Waals surface area contributed by atoms with Crippen LogP contribution in [-0.4, -0.2) is 31.6 Å². The van der Waals surface area contributed by atoms with Gasteiger partial charge in [0.2, 0.25) is 0 Å². The van der Waals surface area contributed by atoms with Crippen LogP contribution in [0.15, 0.2) is 66.7 Å². The molecule has 3 aromatic carbocycles. The summed E-state index contributed by atoms with van der Waals surface area (Å²) in [4.78, 5) is 26.5. The molecule has 164 valence electrons. The Balaban J connectivity index is 1.41. The van der Waals surface area contributed by atoms with Crippen molar-refractivity contribution in [2.24, 2.45) is 0 Å². The second-order valence-corrected chi connectivity index (χ2v) is 7.57. The number of hydrogen-bond acceptors (Lipinski definition) is 4. The molecule has 0 atom stereocenters. The average Bonchev–Trinajstić information content (AvgIpc) is 2.79. The Hall–Kier alpha value is -3.58. The Bertz CT molecular complexity index is 1120. The Morgan fingerprint density at radius 2 is 1.84 bits per heavy atom. The Kier molecular flexibility index (Phi) is 6.56. The summed E-state index contributed by atoms with van der Waals surface area (Å²) in [7, 11) is 0. The third-order valence-corrected chi connectivity index (χ3v) is 5.13. The van der Waals surface area contributed by atoms with Gasteiger partial charge in [-0.2, -0.15) is 0 Å². The summed E-state index contributed by atoms with van der Waals surface area (Å²) in [5, 5.41) is 3.40. The molecule has 6 nitrogen and oxygen atoms in total. The van der Waals surface area contributed by atoms with Gasteiger partial charge in [-0.25, -0.2) is 4.39 Å². The maximum absolute atomic E-state index is 13.1. The van der Waals surface area contributed by atoms with E-state index < -0.39 is 5.82 Å². The van der Waals surface area contributed by atoms with Crippen LogP contribution in [0.25, 0.3) is 0 Å². The molecule has 0 bridgehead atoms. The van der Waals surface area contributed by atoms with Gasteiger partial charge in [0.05, 0.1) is 12.3 Å². The van der Waals surface area contributed by atoms with Gasteiger partial charge >= 0.3 is 0 Å². The molecule has 1 aliphatic rings. The maximum atomic E-state index is 13.1. The van der Waals surface area contributed by atoms with Crippen LogP contribution in [0, 0.1) is 5.82 Å². The maximum Gasteiger partial charge on any atom is 0.265 e. The normalized spacial score (nSPS) is 12.7. The van der Waals surface area contributed by atoms with Crippen LogP contribution in [0.3, 0.4) is 0 Å². The highest BCUT2D eigenvalue weighted by molar-refractivity contribution is 6.30. The monoisotopic (exact) mass is 454 g/mol. The molecule has 1 aliphatic heterocycles. The van der Waals surface area contributed by atoms with E-state index in [9.17, 15) is 14.0 Å². The predicted octanol–water partition coefficient (Wildman–Crippen LogP) is 4.93. The van der Waals surface area contributed by atoms with Crippen LogP contribution in [-0.2, 0) is 4.79 Å².